The lowest BCUT2D eigenvalue weighted by Gasteiger charge is -1.99. The Kier molecular flexibility index (Phi) is 2.65. The monoisotopic (exact) mass is 218 g/mol. The van der Waals surface area contributed by atoms with Crippen molar-refractivity contribution in [2.45, 2.75) is 6.92 Å². The molecule has 0 spiro atoms. The second-order valence-corrected chi connectivity index (χ2v) is 4.66. The van der Waals surface area contributed by atoms with Gasteiger partial charge in [0.05, 0.1) is 0 Å². The molecule has 4 heteroatoms. The average Bonchev–Trinajstić information content (AvgIpc) is 2.51. The molecule has 2 nitrogen and oxygen atoms in total. The second-order valence-electron chi connectivity index (χ2n) is 3.41. The average molecular weight is 218 g/mol. The van der Waals surface area contributed by atoms with Gasteiger partial charge >= 0.3 is 7.12 Å². The molecule has 0 fully saturated rings. The van der Waals surface area contributed by atoms with Crippen molar-refractivity contribution in [2.24, 2.45) is 0 Å². The van der Waals surface area contributed by atoms with Crippen molar-refractivity contribution in [2.75, 3.05) is 0 Å². The first-order chi connectivity index (χ1) is 7.13. The molecule has 76 valence electrons. The zero-order valence-electron chi connectivity index (χ0n) is 8.40. The first-order valence-corrected chi connectivity index (χ1v) is 5.46. The fraction of sp³-hybridized carbons (Fsp3) is 0.0909. The number of hydrogen-bond acceptors (Lipinski definition) is 3. The second kappa shape index (κ2) is 3.81. The first kappa shape index (κ1) is 10.4. The Morgan fingerprint density at radius 1 is 1.40 bits per heavy atom. The molecule has 15 heavy (non-hydrogen) atoms. The van der Waals surface area contributed by atoms with Crippen molar-refractivity contribution in [3.8, 4) is 0 Å². The SMILES string of the molecule is C=Cc1c(C)sc2ccc(B(O)O)cc12. The molecule has 0 aliphatic rings. The Morgan fingerprint density at radius 3 is 2.73 bits per heavy atom. The van der Waals surface area contributed by atoms with Crippen LogP contribution < -0.4 is 5.46 Å². The molecule has 2 aromatic rings. The van der Waals surface area contributed by atoms with Crippen LogP contribution in [0, 0.1) is 6.92 Å². The van der Waals surface area contributed by atoms with Gasteiger partial charge in [-0.2, -0.15) is 0 Å². The quantitative estimate of drug-likeness (QED) is 0.750. The molecule has 1 aromatic carbocycles. The molecular weight excluding hydrogens is 207 g/mol. The highest BCUT2D eigenvalue weighted by Crippen LogP contribution is 2.30. The van der Waals surface area contributed by atoms with Crippen molar-refractivity contribution >= 4 is 40.1 Å². The molecule has 0 aliphatic carbocycles. The van der Waals surface area contributed by atoms with E-state index in [0.29, 0.717) is 5.46 Å². The number of aryl methyl sites for hydroxylation is 1. The molecule has 0 saturated carbocycles. The van der Waals surface area contributed by atoms with Crippen LogP contribution in [0.1, 0.15) is 10.4 Å². The highest BCUT2D eigenvalue weighted by Gasteiger charge is 2.13. The van der Waals surface area contributed by atoms with Crippen LogP contribution in [0.3, 0.4) is 0 Å². The highest BCUT2D eigenvalue weighted by molar-refractivity contribution is 7.19. The lowest BCUT2D eigenvalue weighted by atomic mass is 9.80. The van der Waals surface area contributed by atoms with Crippen LogP contribution in [0.2, 0.25) is 0 Å². The van der Waals surface area contributed by atoms with E-state index in [0.717, 1.165) is 15.6 Å². The fourth-order valence-electron chi connectivity index (χ4n) is 1.67. The van der Waals surface area contributed by atoms with E-state index >= 15 is 0 Å². The third kappa shape index (κ3) is 1.72. The predicted molar refractivity (Wildman–Crippen MR) is 66.5 cm³/mol. The summed E-state index contributed by atoms with van der Waals surface area (Å²) in [6.07, 6.45) is 1.81. The minimum absolute atomic E-state index is 0.517. The van der Waals surface area contributed by atoms with Crippen LogP contribution in [0.15, 0.2) is 24.8 Å². The van der Waals surface area contributed by atoms with Crippen molar-refractivity contribution in [1.29, 1.82) is 0 Å². The maximum absolute atomic E-state index is 9.09. The Bertz CT molecular complexity index is 517. The van der Waals surface area contributed by atoms with Crippen LogP contribution in [-0.2, 0) is 0 Å². The lowest BCUT2D eigenvalue weighted by molar-refractivity contribution is 0.426. The zero-order valence-corrected chi connectivity index (χ0v) is 9.21. The number of rotatable bonds is 2. The van der Waals surface area contributed by atoms with Crippen molar-refractivity contribution < 1.29 is 10.0 Å². The number of thiophene rings is 1. The minimum Gasteiger partial charge on any atom is -0.423 e. The summed E-state index contributed by atoms with van der Waals surface area (Å²) in [4.78, 5) is 1.20. The maximum atomic E-state index is 9.09. The van der Waals surface area contributed by atoms with Gasteiger partial charge in [-0.3, -0.25) is 0 Å². The predicted octanol–water partition coefficient (Wildman–Crippen LogP) is 1.53. The third-order valence-corrected chi connectivity index (χ3v) is 3.54. The van der Waals surface area contributed by atoms with Gasteiger partial charge in [0, 0.05) is 9.58 Å². The van der Waals surface area contributed by atoms with Crippen LogP contribution in [-0.4, -0.2) is 17.2 Å². The molecular formula is C11H11BO2S. The van der Waals surface area contributed by atoms with Crippen LogP contribution in [0.25, 0.3) is 16.2 Å². The Morgan fingerprint density at radius 2 is 2.13 bits per heavy atom. The molecule has 0 bridgehead atoms. The summed E-state index contributed by atoms with van der Waals surface area (Å²) < 4.78 is 1.15. The van der Waals surface area contributed by atoms with E-state index in [2.05, 4.69) is 6.58 Å². The van der Waals surface area contributed by atoms with Gasteiger partial charge in [0.1, 0.15) is 0 Å². The van der Waals surface area contributed by atoms with Crippen LogP contribution in [0.5, 0.6) is 0 Å². The van der Waals surface area contributed by atoms with Crippen molar-refractivity contribution in [1.82, 2.24) is 0 Å². The van der Waals surface area contributed by atoms with Gasteiger partial charge in [0.2, 0.25) is 0 Å². The van der Waals surface area contributed by atoms with E-state index in [1.807, 2.05) is 19.1 Å². The van der Waals surface area contributed by atoms with Gasteiger partial charge < -0.3 is 10.0 Å². The summed E-state index contributed by atoms with van der Waals surface area (Å²) in [5.41, 5.74) is 1.60. The molecule has 0 atom stereocenters. The van der Waals surface area contributed by atoms with Crippen LogP contribution >= 0.6 is 11.3 Å². The molecule has 1 aromatic heterocycles. The Labute approximate surface area is 92.6 Å². The van der Waals surface area contributed by atoms with E-state index in [4.69, 9.17) is 10.0 Å². The standard InChI is InChI=1S/C11H11BO2S/c1-3-9-7(2)15-11-5-4-8(12(13)14)6-10(9)11/h3-6,13-14H,1H2,2H3. The van der Waals surface area contributed by atoms with Crippen LogP contribution in [0.4, 0.5) is 0 Å². The van der Waals surface area contributed by atoms with E-state index < -0.39 is 7.12 Å². The fourth-order valence-corrected chi connectivity index (χ4v) is 2.72. The van der Waals surface area contributed by atoms with E-state index in [-0.39, 0.29) is 0 Å². The molecule has 2 N–H and O–H groups in total. The van der Waals surface area contributed by atoms with Gasteiger partial charge in [-0.15, -0.1) is 11.3 Å². The largest absolute Gasteiger partial charge is 0.488 e. The highest BCUT2D eigenvalue weighted by atomic mass is 32.1. The molecule has 0 amide bonds. The van der Waals surface area contributed by atoms with E-state index in [1.165, 1.54) is 4.88 Å². The molecule has 0 saturated heterocycles. The first-order valence-electron chi connectivity index (χ1n) is 4.65. The minimum atomic E-state index is -1.41. The lowest BCUT2D eigenvalue weighted by Crippen LogP contribution is -2.29. The number of fused-ring (bicyclic) bond motifs is 1. The summed E-state index contributed by atoms with van der Waals surface area (Å²) in [6, 6.07) is 5.45. The number of benzene rings is 1. The topological polar surface area (TPSA) is 40.5 Å². The maximum Gasteiger partial charge on any atom is 0.488 e. The summed E-state index contributed by atoms with van der Waals surface area (Å²) in [6.45, 7) is 5.81. The van der Waals surface area contributed by atoms with Gasteiger partial charge in [0.25, 0.3) is 0 Å². The number of hydrogen-bond donors (Lipinski definition) is 2. The molecule has 0 radical (unpaired) electrons. The Hall–Kier alpha value is -1.10. The van der Waals surface area contributed by atoms with Gasteiger partial charge in [-0.05, 0) is 29.4 Å². The third-order valence-electron chi connectivity index (χ3n) is 2.44. The van der Waals surface area contributed by atoms with Crippen molar-refractivity contribution in [3.63, 3.8) is 0 Å². The van der Waals surface area contributed by atoms with E-state index in [9.17, 15) is 0 Å². The molecule has 0 unspecified atom stereocenters. The summed E-state index contributed by atoms with van der Waals surface area (Å²) in [5.74, 6) is 0. The summed E-state index contributed by atoms with van der Waals surface area (Å²) in [7, 11) is -1.41. The van der Waals surface area contributed by atoms with Gasteiger partial charge in [0.15, 0.2) is 0 Å². The molecule has 2 rings (SSSR count). The summed E-state index contributed by atoms with van der Waals surface area (Å²) in [5, 5.41) is 19.2. The van der Waals surface area contributed by atoms with Gasteiger partial charge in [-0.25, -0.2) is 0 Å². The molecule has 1 heterocycles. The van der Waals surface area contributed by atoms with Crippen molar-refractivity contribution in [3.05, 3.63) is 35.2 Å². The van der Waals surface area contributed by atoms with E-state index in [1.54, 1.807) is 23.5 Å². The van der Waals surface area contributed by atoms with Gasteiger partial charge in [-0.1, -0.05) is 24.8 Å². The normalized spacial score (nSPS) is 10.6. The smallest absolute Gasteiger partial charge is 0.423 e. The molecule has 0 aliphatic heterocycles. The summed E-state index contributed by atoms with van der Waals surface area (Å²) >= 11 is 1.69. The zero-order chi connectivity index (χ0) is 11.0. The Balaban J connectivity index is 2.73.